The van der Waals surface area contributed by atoms with E-state index < -0.39 is 0 Å². The SMILES string of the molecule is Cc1ccc(Br)cc1Nc1cc(NC(C)CN)ncn1. The molecule has 1 unspecified atom stereocenters. The Kier molecular flexibility index (Phi) is 4.92. The summed E-state index contributed by atoms with van der Waals surface area (Å²) in [4.78, 5) is 8.41. The Morgan fingerprint density at radius 1 is 1.25 bits per heavy atom. The van der Waals surface area contributed by atoms with Gasteiger partial charge in [0.2, 0.25) is 0 Å². The second kappa shape index (κ2) is 6.67. The van der Waals surface area contributed by atoms with Crippen molar-refractivity contribution in [2.24, 2.45) is 5.73 Å². The van der Waals surface area contributed by atoms with E-state index in [2.05, 4.69) is 36.5 Å². The molecule has 0 aliphatic carbocycles. The van der Waals surface area contributed by atoms with Gasteiger partial charge in [-0.05, 0) is 31.5 Å². The van der Waals surface area contributed by atoms with Crippen LogP contribution in [0.4, 0.5) is 17.3 Å². The van der Waals surface area contributed by atoms with Crippen LogP contribution in [0.1, 0.15) is 12.5 Å². The maximum atomic E-state index is 5.59. The molecule has 20 heavy (non-hydrogen) atoms. The molecule has 0 fully saturated rings. The van der Waals surface area contributed by atoms with Crippen molar-refractivity contribution in [2.75, 3.05) is 17.2 Å². The van der Waals surface area contributed by atoms with Gasteiger partial charge >= 0.3 is 0 Å². The molecule has 5 nitrogen and oxygen atoms in total. The topological polar surface area (TPSA) is 75.9 Å². The second-order valence-electron chi connectivity index (χ2n) is 4.65. The van der Waals surface area contributed by atoms with E-state index in [9.17, 15) is 0 Å². The van der Waals surface area contributed by atoms with Crippen molar-refractivity contribution in [3.05, 3.63) is 40.6 Å². The fourth-order valence-electron chi connectivity index (χ4n) is 1.68. The van der Waals surface area contributed by atoms with E-state index in [0.717, 1.165) is 27.4 Å². The van der Waals surface area contributed by atoms with E-state index in [1.165, 1.54) is 6.33 Å². The summed E-state index contributed by atoms with van der Waals surface area (Å²) >= 11 is 3.47. The standard InChI is InChI=1S/C14H18BrN5/c1-9-3-4-11(15)5-12(9)20-14-6-13(17-8-18-14)19-10(2)7-16/h3-6,8,10H,7,16H2,1-2H3,(H2,17,18,19,20). The van der Waals surface area contributed by atoms with Crippen LogP contribution >= 0.6 is 15.9 Å². The average Bonchev–Trinajstić information content (AvgIpc) is 2.43. The zero-order valence-corrected chi connectivity index (χ0v) is 13.1. The van der Waals surface area contributed by atoms with Gasteiger partial charge in [-0.3, -0.25) is 0 Å². The van der Waals surface area contributed by atoms with Crippen LogP contribution in [0.5, 0.6) is 0 Å². The number of nitrogens with zero attached hydrogens (tertiary/aromatic N) is 2. The first-order valence-electron chi connectivity index (χ1n) is 6.40. The van der Waals surface area contributed by atoms with Gasteiger partial charge in [0.1, 0.15) is 18.0 Å². The minimum atomic E-state index is 0.172. The summed E-state index contributed by atoms with van der Waals surface area (Å²) in [7, 11) is 0. The summed E-state index contributed by atoms with van der Waals surface area (Å²) in [5.41, 5.74) is 7.75. The van der Waals surface area contributed by atoms with E-state index in [4.69, 9.17) is 5.73 Å². The Balaban J connectivity index is 2.17. The molecule has 0 amide bonds. The van der Waals surface area contributed by atoms with Gasteiger partial charge in [0.05, 0.1) is 0 Å². The van der Waals surface area contributed by atoms with Gasteiger partial charge in [-0.25, -0.2) is 9.97 Å². The lowest BCUT2D eigenvalue weighted by Crippen LogP contribution is -2.25. The van der Waals surface area contributed by atoms with E-state index in [-0.39, 0.29) is 6.04 Å². The van der Waals surface area contributed by atoms with Gasteiger partial charge < -0.3 is 16.4 Å². The highest BCUT2D eigenvalue weighted by Gasteiger charge is 2.04. The van der Waals surface area contributed by atoms with Gasteiger partial charge in [0.25, 0.3) is 0 Å². The smallest absolute Gasteiger partial charge is 0.135 e. The van der Waals surface area contributed by atoms with Crippen molar-refractivity contribution < 1.29 is 0 Å². The van der Waals surface area contributed by atoms with Crippen LogP contribution in [-0.2, 0) is 0 Å². The zero-order valence-electron chi connectivity index (χ0n) is 11.5. The molecule has 1 aromatic heterocycles. The Morgan fingerprint density at radius 2 is 2.00 bits per heavy atom. The number of benzene rings is 1. The number of hydrogen-bond donors (Lipinski definition) is 3. The molecule has 1 aromatic carbocycles. The molecule has 0 bridgehead atoms. The van der Waals surface area contributed by atoms with Crippen LogP contribution < -0.4 is 16.4 Å². The fourth-order valence-corrected chi connectivity index (χ4v) is 2.04. The third-order valence-electron chi connectivity index (χ3n) is 2.88. The predicted molar refractivity (Wildman–Crippen MR) is 86.3 cm³/mol. The third kappa shape index (κ3) is 3.91. The molecule has 6 heteroatoms. The van der Waals surface area contributed by atoms with Crippen molar-refractivity contribution in [3.8, 4) is 0 Å². The number of halogens is 1. The first-order valence-corrected chi connectivity index (χ1v) is 7.19. The highest BCUT2D eigenvalue weighted by molar-refractivity contribution is 9.10. The van der Waals surface area contributed by atoms with Crippen LogP contribution in [0, 0.1) is 6.92 Å². The van der Waals surface area contributed by atoms with Gasteiger partial charge in [0, 0.05) is 28.8 Å². The highest BCUT2D eigenvalue weighted by atomic mass is 79.9. The van der Waals surface area contributed by atoms with Crippen molar-refractivity contribution in [1.82, 2.24) is 9.97 Å². The maximum absolute atomic E-state index is 5.59. The summed E-state index contributed by atoms with van der Waals surface area (Å²) in [5.74, 6) is 1.50. The number of aromatic nitrogens is 2. The summed E-state index contributed by atoms with van der Waals surface area (Å²) in [5, 5.41) is 6.51. The molecule has 4 N–H and O–H groups in total. The lowest BCUT2D eigenvalue weighted by Gasteiger charge is -2.13. The molecule has 0 radical (unpaired) electrons. The van der Waals surface area contributed by atoms with Crippen LogP contribution in [0.3, 0.4) is 0 Å². The average molecular weight is 336 g/mol. The molecule has 0 aliphatic heterocycles. The molecular weight excluding hydrogens is 318 g/mol. The van der Waals surface area contributed by atoms with Gasteiger partial charge in [-0.1, -0.05) is 22.0 Å². The summed E-state index contributed by atoms with van der Waals surface area (Å²) in [6.45, 7) is 4.61. The Bertz CT molecular complexity index is 588. The maximum Gasteiger partial charge on any atom is 0.135 e. The molecular formula is C14H18BrN5. The van der Waals surface area contributed by atoms with Crippen molar-refractivity contribution >= 4 is 33.3 Å². The lowest BCUT2D eigenvalue weighted by molar-refractivity contribution is 0.797. The number of aryl methyl sites for hydroxylation is 1. The molecule has 1 heterocycles. The van der Waals surface area contributed by atoms with Crippen LogP contribution in [0.25, 0.3) is 0 Å². The Labute approximate surface area is 127 Å². The number of rotatable bonds is 5. The molecule has 2 aromatic rings. The van der Waals surface area contributed by atoms with Crippen molar-refractivity contribution in [3.63, 3.8) is 0 Å². The second-order valence-corrected chi connectivity index (χ2v) is 5.57. The largest absolute Gasteiger partial charge is 0.366 e. The minimum absolute atomic E-state index is 0.172. The van der Waals surface area contributed by atoms with E-state index >= 15 is 0 Å². The number of nitrogens with two attached hydrogens (primary N) is 1. The molecule has 1 atom stereocenters. The number of nitrogens with one attached hydrogen (secondary N) is 2. The van der Waals surface area contributed by atoms with Gasteiger partial charge in [-0.15, -0.1) is 0 Å². The van der Waals surface area contributed by atoms with Gasteiger partial charge in [-0.2, -0.15) is 0 Å². The molecule has 2 rings (SSSR count). The predicted octanol–water partition coefficient (Wildman–Crippen LogP) is 3.05. The molecule has 0 saturated heterocycles. The summed E-state index contributed by atoms with van der Waals surface area (Å²) in [6.07, 6.45) is 1.53. The van der Waals surface area contributed by atoms with E-state index in [1.54, 1.807) is 0 Å². The fraction of sp³-hybridized carbons (Fsp3) is 0.286. The number of anilines is 3. The van der Waals surface area contributed by atoms with Crippen LogP contribution in [-0.4, -0.2) is 22.6 Å². The summed E-state index contributed by atoms with van der Waals surface area (Å²) in [6, 6.07) is 8.12. The zero-order chi connectivity index (χ0) is 14.5. The molecule has 106 valence electrons. The molecule has 0 spiro atoms. The third-order valence-corrected chi connectivity index (χ3v) is 3.37. The monoisotopic (exact) mass is 335 g/mol. The molecule has 0 saturated carbocycles. The Morgan fingerprint density at radius 3 is 2.75 bits per heavy atom. The van der Waals surface area contributed by atoms with Crippen LogP contribution in [0.15, 0.2) is 35.1 Å². The Hall–Kier alpha value is -1.66. The minimum Gasteiger partial charge on any atom is -0.366 e. The van der Waals surface area contributed by atoms with Crippen molar-refractivity contribution in [2.45, 2.75) is 19.9 Å². The highest BCUT2D eigenvalue weighted by Crippen LogP contribution is 2.24. The first kappa shape index (κ1) is 14.7. The van der Waals surface area contributed by atoms with Gasteiger partial charge in [0.15, 0.2) is 0 Å². The summed E-state index contributed by atoms with van der Waals surface area (Å²) < 4.78 is 1.02. The normalized spacial score (nSPS) is 12.0. The van der Waals surface area contributed by atoms with E-state index in [1.807, 2.05) is 38.1 Å². The lowest BCUT2D eigenvalue weighted by atomic mass is 10.2. The number of hydrogen-bond acceptors (Lipinski definition) is 5. The quantitative estimate of drug-likeness (QED) is 0.782. The van der Waals surface area contributed by atoms with E-state index in [0.29, 0.717) is 6.54 Å². The van der Waals surface area contributed by atoms with Crippen LogP contribution in [0.2, 0.25) is 0 Å². The molecule has 0 aliphatic rings. The first-order chi connectivity index (χ1) is 9.58. The van der Waals surface area contributed by atoms with Crippen molar-refractivity contribution in [1.29, 1.82) is 0 Å².